The fraction of sp³-hybridized carbons (Fsp3) is 0.444. The largest absolute Gasteiger partial charge is 0.290 e. The summed E-state index contributed by atoms with van der Waals surface area (Å²) < 4.78 is 0. The Bertz CT molecular complexity index is 369. The maximum atomic E-state index is 3.91. The minimum Gasteiger partial charge on any atom is -0.290 e. The molecule has 0 aliphatic heterocycles. The highest BCUT2D eigenvalue weighted by Gasteiger charge is 2.21. The smallest absolute Gasteiger partial charge is 0.0326 e. The normalized spacial score (nSPS) is 14.1. The van der Waals surface area contributed by atoms with Crippen molar-refractivity contribution in [3.05, 3.63) is 61.2 Å². The van der Waals surface area contributed by atoms with Crippen LogP contribution in [0.2, 0.25) is 0 Å². The first-order valence-electron chi connectivity index (χ1n) is 7.27. The van der Waals surface area contributed by atoms with Gasteiger partial charge in [-0.15, -0.1) is 13.2 Å². The highest BCUT2D eigenvalue weighted by molar-refractivity contribution is 5.18. The molecule has 19 heavy (non-hydrogen) atoms. The summed E-state index contributed by atoms with van der Waals surface area (Å²) in [5, 5.41) is 0. The Morgan fingerprint density at radius 3 is 2.37 bits per heavy atom. The van der Waals surface area contributed by atoms with E-state index >= 15 is 0 Å². The van der Waals surface area contributed by atoms with Gasteiger partial charge in [0.1, 0.15) is 0 Å². The van der Waals surface area contributed by atoms with Gasteiger partial charge in [-0.25, -0.2) is 0 Å². The Kier molecular flexibility index (Phi) is 7.20. The number of hydrogen-bond donors (Lipinski definition) is 0. The molecule has 0 saturated carbocycles. The lowest BCUT2D eigenvalue weighted by atomic mass is 10.0. The predicted octanol–water partition coefficient (Wildman–Crippen LogP) is 4.98. The van der Waals surface area contributed by atoms with Crippen LogP contribution in [0.15, 0.2) is 55.6 Å². The van der Waals surface area contributed by atoms with Gasteiger partial charge in [0, 0.05) is 18.6 Å². The lowest BCUT2D eigenvalue weighted by molar-refractivity contribution is 0.153. The van der Waals surface area contributed by atoms with Crippen LogP contribution in [0.5, 0.6) is 0 Å². The average molecular weight is 257 g/mol. The third-order valence-electron chi connectivity index (χ3n) is 3.65. The van der Waals surface area contributed by atoms with Crippen molar-refractivity contribution in [3.63, 3.8) is 0 Å². The van der Waals surface area contributed by atoms with Gasteiger partial charge in [0.05, 0.1) is 0 Å². The van der Waals surface area contributed by atoms with Crippen LogP contribution in [-0.4, -0.2) is 17.5 Å². The van der Waals surface area contributed by atoms with Crippen molar-refractivity contribution in [1.82, 2.24) is 4.90 Å². The molecule has 0 aliphatic carbocycles. The fourth-order valence-electron chi connectivity index (χ4n) is 2.64. The van der Waals surface area contributed by atoms with Gasteiger partial charge >= 0.3 is 0 Å². The van der Waals surface area contributed by atoms with Crippen molar-refractivity contribution in [2.45, 2.75) is 45.2 Å². The average Bonchev–Trinajstić information content (AvgIpc) is 2.45. The molecular weight excluding hydrogens is 230 g/mol. The van der Waals surface area contributed by atoms with Crippen LogP contribution in [0.1, 0.15) is 44.7 Å². The molecule has 1 rings (SSSR count). The molecule has 1 aromatic rings. The zero-order valence-corrected chi connectivity index (χ0v) is 12.4. The van der Waals surface area contributed by atoms with Crippen molar-refractivity contribution in [2.75, 3.05) is 6.54 Å². The van der Waals surface area contributed by atoms with Crippen LogP contribution in [-0.2, 0) is 0 Å². The van der Waals surface area contributed by atoms with Gasteiger partial charge in [-0.3, -0.25) is 4.90 Å². The minimum absolute atomic E-state index is 0.413. The maximum Gasteiger partial charge on any atom is 0.0326 e. The lowest BCUT2D eigenvalue weighted by Gasteiger charge is -2.35. The predicted molar refractivity (Wildman–Crippen MR) is 85.3 cm³/mol. The Morgan fingerprint density at radius 1 is 1.16 bits per heavy atom. The maximum absolute atomic E-state index is 3.91. The summed E-state index contributed by atoms with van der Waals surface area (Å²) in [5.74, 6) is 0. The molecule has 0 heterocycles. The summed E-state index contributed by atoms with van der Waals surface area (Å²) in [6.07, 6.45) is 7.49. The van der Waals surface area contributed by atoms with E-state index in [9.17, 15) is 0 Å². The highest BCUT2D eigenvalue weighted by atomic mass is 15.2. The Labute approximate surface area is 118 Å². The molecular formula is C18H27N. The fourth-order valence-corrected chi connectivity index (χ4v) is 2.64. The van der Waals surface area contributed by atoms with Gasteiger partial charge in [-0.05, 0) is 25.3 Å². The van der Waals surface area contributed by atoms with Crippen LogP contribution in [0, 0.1) is 0 Å². The first-order valence-corrected chi connectivity index (χ1v) is 7.27. The second kappa shape index (κ2) is 8.71. The van der Waals surface area contributed by atoms with Crippen LogP contribution in [0.3, 0.4) is 0 Å². The second-order valence-corrected chi connectivity index (χ2v) is 5.04. The van der Waals surface area contributed by atoms with Gasteiger partial charge in [-0.2, -0.15) is 0 Å². The van der Waals surface area contributed by atoms with Gasteiger partial charge in [-0.1, -0.05) is 55.8 Å². The quantitative estimate of drug-likeness (QED) is 0.564. The minimum atomic E-state index is 0.413. The molecule has 0 amide bonds. The molecule has 0 spiro atoms. The van der Waals surface area contributed by atoms with Gasteiger partial charge in [0.15, 0.2) is 0 Å². The van der Waals surface area contributed by atoms with E-state index in [0.717, 1.165) is 13.0 Å². The molecule has 1 aromatic carbocycles. The molecule has 0 unspecified atom stereocenters. The van der Waals surface area contributed by atoms with E-state index in [-0.39, 0.29) is 0 Å². The second-order valence-electron chi connectivity index (χ2n) is 5.04. The lowest BCUT2D eigenvalue weighted by Crippen LogP contribution is -2.37. The first kappa shape index (κ1) is 15.7. The van der Waals surface area contributed by atoms with Crippen LogP contribution >= 0.6 is 0 Å². The third kappa shape index (κ3) is 4.68. The zero-order valence-electron chi connectivity index (χ0n) is 12.4. The molecule has 1 nitrogen and oxygen atoms in total. The van der Waals surface area contributed by atoms with Crippen LogP contribution < -0.4 is 0 Å². The van der Waals surface area contributed by atoms with E-state index in [2.05, 4.69) is 62.2 Å². The summed E-state index contributed by atoms with van der Waals surface area (Å²) >= 11 is 0. The van der Waals surface area contributed by atoms with Gasteiger partial charge in [0.2, 0.25) is 0 Å². The molecule has 0 radical (unpaired) electrons. The van der Waals surface area contributed by atoms with E-state index in [1.807, 2.05) is 12.2 Å². The van der Waals surface area contributed by atoms with E-state index in [1.54, 1.807) is 0 Å². The van der Waals surface area contributed by atoms with Crippen molar-refractivity contribution in [2.24, 2.45) is 0 Å². The van der Waals surface area contributed by atoms with Gasteiger partial charge < -0.3 is 0 Å². The molecule has 2 atom stereocenters. The molecule has 0 aromatic heterocycles. The van der Waals surface area contributed by atoms with Crippen molar-refractivity contribution in [3.8, 4) is 0 Å². The molecule has 104 valence electrons. The summed E-state index contributed by atoms with van der Waals surface area (Å²) in [5.41, 5.74) is 1.37. The SMILES string of the molecule is C=CC[C@@H](CCC)N(CC=C)[C@H](C)c1ccccc1. The molecule has 1 heteroatoms. The molecule has 0 aliphatic rings. The summed E-state index contributed by atoms with van der Waals surface area (Å²) in [7, 11) is 0. The number of rotatable bonds is 9. The van der Waals surface area contributed by atoms with Crippen molar-refractivity contribution < 1.29 is 0 Å². The molecule has 0 saturated heterocycles. The third-order valence-corrected chi connectivity index (χ3v) is 3.65. The Hall–Kier alpha value is -1.34. The number of nitrogens with zero attached hydrogens (tertiary/aromatic N) is 1. The van der Waals surface area contributed by atoms with E-state index in [4.69, 9.17) is 0 Å². The standard InChI is InChI=1S/C18H27N/c1-5-11-18(12-6-2)19(15-7-3)16(4)17-13-9-8-10-14-17/h5,7-10,13-14,16,18H,1,3,6,11-12,15H2,2,4H3/t16-,18+/m1/s1. The van der Waals surface area contributed by atoms with E-state index in [0.29, 0.717) is 12.1 Å². The van der Waals surface area contributed by atoms with E-state index < -0.39 is 0 Å². The molecule has 0 N–H and O–H groups in total. The molecule has 0 bridgehead atoms. The summed E-state index contributed by atoms with van der Waals surface area (Å²) in [6, 6.07) is 11.7. The van der Waals surface area contributed by atoms with Crippen molar-refractivity contribution in [1.29, 1.82) is 0 Å². The monoisotopic (exact) mass is 257 g/mol. The number of benzene rings is 1. The number of hydrogen-bond acceptors (Lipinski definition) is 1. The summed E-state index contributed by atoms with van der Waals surface area (Å²) in [6.45, 7) is 13.3. The topological polar surface area (TPSA) is 3.24 Å². The Balaban J connectivity index is 2.90. The van der Waals surface area contributed by atoms with Crippen LogP contribution in [0.4, 0.5) is 0 Å². The zero-order chi connectivity index (χ0) is 14.1. The highest BCUT2D eigenvalue weighted by Crippen LogP contribution is 2.25. The molecule has 0 fully saturated rings. The van der Waals surface area contributed by atoms with Crippen molar-refractivity contribution >= 4 is 0 Å². The van der Waals surface area contributed by atoms with Gasteiger partial charge in [0.25, 0.3) is 0 Å². The van der Waals surface area contributed by atoms with Crippen LogP contribution in [0.25, 0.3) is 0 Å². The summed E-state index contributed by atoms with van der Waals surface area (Å²) in [4.78, 5) is 2.54. The van der Waals surface area contributed by atoms with E-state index in [1.165, 1.54) is 18.4 Å². The first-order chi connectivity index (χ1) is 9.24. The Morgan fingerprint density at radius 2 is 1.84 bits per heavy atom.